The van der Waals surface area contributed by atoms with Crippen LogP contribution in [0.15, 0.2) is 47.3 Å². The molecule has 0 aromatic carbocycles. The molecule has 2 N–H and O–H groups in total. The first-order valence-electron chi connectivity index (χ1n) is 6.25. The van der Waals surface area contributed by atoms with Gasteiger partial charge in [0.25, 0.3) is 5.91 Å². The molecule has 0 atom stereocenters. The van der Waals surface area contributed by atoms with E-state index in [2.05, 4.69) is 15.0 Å². The van der Waals surface area contributed by atoms with Crippen molar-refractivity contribution in [1.82, 2.24) is 15.0 Å². The van der Waals surface area contributed by atoms with Gasteiger partial charge in [0.1, 0.15) is 5.76 Å². The van der Waals surface area contributed by atoms with Gasteiger partial charge in [-0.15, -0.1) is 0 Å². The number of aromatic nitrogens is 1. The minimum atomic E-state index is -3.47. The number of nitrogens with zero attached hydrogens (tertiary/aromatic N) is 1. The minimum Gasteiger partial charge on any atom is -0.468 e. The van der Waals surface area contributed by atoms with E-state index in [0.717, 1.165) is 0 Å². The molecule has 1 amide bonds. The third kappa shape index (κ3) is 5.01. The van der Waals surface area contributed by atoms with E-state index in [0.29, 0.717) is 11.3 Å². The monoisotopic (exact) mass is 309 g/mol. The van der Waals surface area contributed by atoms with Crippen LogP contribution >= 0.6 is 0 Å². The maximum Gasteiger partial charge on any atom is 0.251 e. The Kier molecular flexibility index (Phi) is 5.07. The van der Waals surface area contributed by atoms with Crippen LogP contribution in [0.4, 0.5) is 0 Å². The third-order valence-electron chi connectivity index (χ3n) is 2.65. The van der Waals surface area contributed by atoms with E-state index in [9.17, 15) is 13.2 Å². The first-order chi connectivity index (χ1) is 10.1. The van der Waals surface area contributed by atoms with Crippen molar-refractivity contribution in [2.24, 2.45) is 0 Å². The molecule has 0 unspecified atom stereocenters. The van der Waals surface area contributed by atoms with Crippen molar-refractivity contribution >= 4 is 15.9 Å². The topological polar surface area (TPSA) is 101 Å². The Bertz CT molecular complexity index is 669. The van der Waals surface area contributed by atoms with Crippen molar-refractivity contribution in [1.29, 1.82) is 0 Å². The lowest BCUT2D eigenvalue weighted by atomic mass is 10.2. The molecule has 0 radical (unpaired) electrons. The molecule has 7 nitrogen and oxygen atoms in total. The summed E-state index contributed by atoms with van der Waals surface area (Å²) in [5, 5.41) is 2.54. The molecule has 0 aliphatic heterocycles. The standard InChI is InChI=1S/C13H15N3O4S/c17-13(11-3-5-14-6-4-11)15-7-9-21(18,19)16-10-12-2-1-8-20-12/h1-6,8,16H,7,9-10H2,(H,15,17). The molecule has 2 rings (SSSR count). The van der Waals surface area contributed by atoms with Gasteiger partial charge in [0.05, 0.1) is 18.6 Å². The minimum absolute atomic E-state index is 0.0225. The van der Waals surface area contributed by atoms with Gasteiger partial charge in [-0.2, -0.15) is 0 Å². The van der Waals surface area contributed by atoms with Crippen LogP contribution in [0.5, 0.6) is 0 Å². The second-order valence-electron chi connectivity index (χ2n) is 4.21. The molecule has 112 valence electrons. The number of hydrogen-bond acceptors (Lipinski definition) is 5. The van der Waals surface area contributed by atoms with Gasteiger partial charge < -0.3 is 9.73 Å². The molecule has 0 saturated carbocycles. The van der Waals surface area contributed by atoms with E-state index in [4.69, 9.17) is 4.42 Å². The van der Waals surface area contributed by atoms with Gasteiger partial charge in [-0.1, -0.05) is 0 Å². The number of furan rings is 1. The van der Waals surface area contributed by atoms with Crippen molar-refractivity contribution in [2.75, 3.05) is 12.3 Å². The van der Waals surface area contributed by atoms with Crippen LogP contribution in [0.25, 0.3) is 0 Å². The normalized spacial score (nSPS) is 11.2. The molecule has 0 spiro atoms. The summed E-state index contributed by atoms with van der Waals surface area (Å²) >= 11 is 0. The van der Waals surface area contributed by atoms with Gasteiger partial charge in [0.15, 0.2) is 0 Å². The zero-order valence-corrected chi connectivity index (χ0v) is 12.0. The molecule has 21 heavy (non-hydrogen) atoms. The number of nitrogens with one attached hydrogen (secondary N) is 2. The Morgan fingerprint density at radius 3 is 2.67 bits per heavy atom. The smallest absolute Gasteiger partial charge is 0.251 e. The summed E-state index contributed by atoms with van der Waals surface area (Å²) in [7, 11) is -3.47. The van der Waals surface area contributed by atoms with Gasteiger partial charge in [-0.3, -0.25) is 9.78 Å². The lowest BCUT2D eigenvalue weighted by molar-refractivity contribution is 0.0956. The van der Waals surface area contributed by atoms with E-state index in [1.807, 2.05) is 0 Å². The van der Waals surface area contributed by atoms with Crippen molar-refractivity contribution < 1.29 is 17.6 Å². The molecule has 0 fully saturated rings. The fourth-order valence-electron chi connectivity index (χ4n) is 1.57. The molecule has 8 heteroatoms. The Labute approximate surface area is 122 Å². The lowest BCUT2D eigenvalue weighted by Crippen LogP contribution is -2.34. The summed E-state index contributed by atoms with van der Waals surface area (Å²) in [5.74, 6) is -0.0112. The number of sulfonamides is 1. The molecule has 0 aliphatic carbocycles. The first kappa shape index (κ1) is 15.2. The van der Waals surface area contributed by atoms with Crippen molar-refractivity contribution in [3.8, 4) is 0 Å². The van der Waals surface area contributed by atoms with Gasteiger partial charge in [-0.25, -0.2) is 13.1 Å². The van der Waals surface area contributed by atoms with E-state index >= 15 is 0 Å². The fraction of sp³-hybridized carbons (Fsp3) is 0.231. The number of hydrogen-bond donors (Lipinski definition) is 2. The van der Waals surface area contributed by atoms with Crippen molar-refractivity contribution in [2.45, 2.75) is 6.54 Å². The van der Waals surface area contributed by atoms with E-state index in [1.54, 1.807) is 24.3 Å². The number of amides is 1. The van der Waals surface area contributed by atoms with Crippen LogP contribution in [0.2, 0.25) is 0 Å². The Morgan fingerprint density at radius 1 is 1.24 bits per heavy atom. The number of pyridine rings is 1. The zero-order chi connectivity index (χ0) is 15.1. The number of carbonyl (C=O) groups is 1. The number of carbonyl (C=O) groups excluding carboxylic acids is 1. The Balaban J connectivity index is 1.75. The summed E-state index contributed by atoms with van der Waals surface area (Å²) in [6.45, 7) is 0.113. The molecule has 0 bridgehead atoms. The average molecular weight is 309 g/mol. The van der Waals surface area contributed by atoms with Gasteiger partial charge >= 0.3 is 0 Å². The molecule has 0 saturated heterocycles. The van der Waals surface area contributed by atoms with Crippen molar-refractivity contribution in [3.63, 3.8) is 0 Å². The second kappa shape index (κ2) is 7.00. The van der Waals surface area contributed by atoms with E-state index in [1.165, 1.54) is 18.7 Å². The third-order valence-corrected chi connectivity index (χ3v) is 3.97. The maximum absolute atomic E-state index is 11.7. The lowest BCUT2D eigenvalue weighted by Gasteiger charge is -2.07. The predicted octanol–water partition coefficient (Wildman–Crippen LogP) is 0.524. The Hall–Kier alpha value is -2.19. The predicted molar refractivity (Wildman–Crippen MR) is 75.9 cm³/mol. The highest BCUT2D eigenvalue weighted by Gasteiger charge is 2.12. The summed E-state index contributed by atoms with van der Waals surface area (Å²) in [5.41, 5.74) is 0.436. The zero-order valence-electron chi connectivity index (χ0n) is 11.2. The van der Waals surface area contributed by atoms with Crippen LogP contribution in [0.1, 0.15) is 16.1 Å². The molecular formula is C13H15N3O4S. The molecule has 0 aliphatic rings. The summed E-state index contributed by atoms with van der Waals surface area (Å²) in [6.07, 6.45) is 4.46. The van der Waals surface area contributed by atoms with Crippen LogP contribution < -0.4 is 10.0 Å². The summed E-state index contributed by atoms with van der Waals surface area (Å²) in [4.78, 5) is 15.5. The highest BCUT2D eigenvalue weighted by atomic mass is 32.2. The highest BCUT2D eigenvalue weighted by Crippen LogP contribution is 2.00. The van der Waals surface area contributed by atoms with E-state index in [-0.39, 0.29) is 24.7 Å². The SMILES string of the molecule is O=C(NCCS(=O)(=O)NCc1ccco1)c1ccncc1. The highest BCUT2D eigenvalue weighted by molar-refractivity contribution is 7.89. The fourth-order valence-corrected chi connectivity index (χ4v) is 2.45. The van der Waals surface area contributed by atoms with E-state index < -0.39 is 10.0 Å². The van der Waals surface area contributed by atoms with Crippen LogP contribution in [-0.4, -0.2) is 31.6 Å². The van der Waals surface area contributed by atoms with Crippen LogP contribution in [0.3, 0.4) is 0 Å². The maximum atomic E-state index is 11.7. The average Bonchev–Trinajstić information content (AvgIpc) is 2.99. The van der Waals surface area contributed by atoms with Gasteiger partial charge in [0.2, 0.25) is 10.0 Å². The quantitative estimate of drug-likeness (QED) is 0.776. The van der Waals surface area contributed by atoms with Gasteiger partial charge in [-0.05, 0) is 24.3 Å². The summed E-state index contributed by atoms with van der Waals surface area (Å²) in [6, 6.07) is 6.46. The summed E-state index contributed by atoms with van der Waals surface area (Å²) < 4.78 is 30.9. The van der Waals surface area contributed by atoms with Crippen LogP contribution in [-0.2, 0) is 16.6 Å². The molecular weight excluding hydrogens is 294 g/mol. The molecule has 2 aromatic heterocycles. The van der Waals surface area contributed by atoms with Crippen molar-refractivity contribution in [3.05, 3.63) is 54.2 Å². The second-order valence-corrected chi connectivity index (χ2v) is 6.14. The molecule has 2 aromatic rings. The van der Waals surface area contributed by atoms with Crippen LogP contribution in [0, 0.1) is 0 Å². The molecule has 2 heterocycles. The Morgan fingerprint density at radius 2 is 2.00 bits per heavy atom. The first-order valence-corrected chi connectivity index (χ1v) is 7.90. The largest absolute Gasteiger partial charge is 0.468 e. The number of rotatable bonds is 7. The van der Waals surface area contributed by atoms with Gasteiger partial charge in [0, 0.05) is 24.5 Å².